The molecule has 1 N–H and O–H groups in total. The molecule has 0 fully saturated rings. The Balaban J connectivity index is 2.73. The van der Waals surface area contributed by atoms with Crippen molar-refractivity contribution >= 4 is 0 Å². The summed E-state index contributed by atoms with van der Waals surface area (Å²) in [5.74, 6) is 1.01. The van der Waals surface area contributed by atoms with Crippen molar-refractivity contribution in [3.05, 3.63) is 29.8 Å². The number of nitrogens with one attached hydrogen (secondary N) is 1. The number of benzene rings is 1. The lowest BCUT2D eigenvalue weighted by Gasteiger charge is -2.21. The van der Waals surface area contributed by atoms with E-state index in [9.17, 15) is 0 Å². The third kappa shape index (κ3) is 4.39. The summed E-state index contributed by atoms with van der Waals surface area (Å²) < 4.78 is 5.78. The van der Waals surface area contributed by atoms with E-state index in [2.05, 4.69) is 51.2 Å². The highest BCUT2D eigenvalue weighted by Crippen LogP contribution is 2.25. The molecule has 0 unspecified atom stereocenters. The molecule has 1 rings (SSSR count). The summed E-state index contributed by atoms with van der Waals surface area (Å²) in [5.41, 5.74) is 1.25. The van der Waals surface area contributed by atoms with Gasteiger partial charge in [0.2, 0.25) is 0 Å². The van der Waals surface area contributed by atoms with Crippen molar-refractivity contribution < 1.29 is 4.74 Å². The predicted molar refractivity (Wildman–Crippen MR) is 73.5 cm³/mol. The van der Waals surface area contributed by atoms with Crippen molar-refractivity contribution in [2.24, 2.45) is 0 Å². The Kier molecular flexibility index (Phi) is 6.06. The molecule has 2 heteroatoms. The van der Waals surface area contributed by atoms with Crippen LogP contribution in [0.15, 0.2) is 24.3 Å². The average Bonchev–Trinajstić information content (AvgIpc) is 2.36. The molecule has 0 aromatic heterocycles. The van der Waals surface area contributed by atoms with Gasteiger partial charge >= 0.3 is 0 Å². The molecule has 0 aliphatic rings. The minimum atomic E-state index is 0.331. The van der Waals surface area contributed by atoms with E-state index in [-0.39, 0.29) is 0 Å². The zero-order chi connectivity index (χ0) is 12.7. The summed E-state index contributed by atoms with van der Waals surface area (Å²) in [5, 5.41) is 3.58. The molecule has 17 heavy (non-hydrogen) atoms. The zero-order valence-corrected chi connectivity index (χ0v) is 11.5. The number of ether oxygens (including phenoxy) is 1. The van der Waals surface area contributed by atoms with Gasteiger partial charge in [-0.15, -0.1) is 0 Å². The Morgan fingerprint density at radius 1 is 1.18 bits per heavy atom. The van der Waals surface area contributed by atoms with Crippen LogP contribution in [0.4, 0.5) is 0 Å². The van der Waals surface area contributed by atoms with Crippen LogP contribution in [0.5, 0.6) is 5.75 Å². The van der Waals surface area contributed by atoms with Gasteiger partial charge in [-0.25, -0.2) is 0 Å². The van der Waals surface area contributed by atoms with Gasteiger partial charge in [0.25, 0.3) is 0 Å². The largest absolute Gasteiger partial charge is 0.493 e. The van der Waals surface area contributed by atoms with Gasteiger partial charge in [-0.2, -0.15) is 0 Å². The van der Waals surface area contributed by atoms with Crippen LogP contribution >= 0.6 is 0 Å². The van der Waals surface area contributed by atoms with Crippen LogP contribution in [0.2, 0.25) is 0 Å². The fraction of sp³-hybridized carbons (Fsp3) is 0.600. The summed E-state index contributed by atoms with van der Waals surface area (Å²) in [6.45, 7) is 9.52. The van der Waals surface area contributed by atoms with Crippen LogP contribution in [-0.2, 0) is 0 Å². The van der Waals surface area contributed by atoms with Crippen molar-refractivity contribution in [1.82, 2.24) is 5.32 Å². The van der Waals surface area contributed by atoms with Crippen molar-refractivity contribution in [3.8, 4) is 5.75 Å². The quantitative estimate of drug-likeness (QED) is 0.773. The molecule has 0 saturated heterocycles. The molecule has 1 aromatic rings. The zero-order valence-electron chi connectivity index (χ0n) is 11.5. The van der Waals surface area contributed by atoms with Gasteiger partial charge in [0.15, 0.2) is 0 Å². The van der Waals surface area contributed by atoms with E-state index in [1.807, 2.05) is 6.07 Å². The van der Waals surface area contributed by atoms with E-state index in [0.717, 1.165) is 25.2 Å². The minimum absolute atomic E-state index is 0.331. The Morgan fingerprint density at radius 2 is 1.88 bits per heavy atom. The topological polar surface area (TPSA) is 21.3 Å². The lowest BCUT2D eigenvalue weighted by atomic mass is 10.1. The number of hydrogen-bond donors (Lipinski definition) is 1. The highest BCUT2D eigenvalue weighted by atomic mass is 16.5. The van der Waals surface area contributed by atoms with E-state index in [1.54, 1.807) is 0 Å². The fourth-order valence-electron chi connectivity index (χ4n) is 1.82. The molecule has 0 spiro atoms. The molecule has 0 radical (unpaired) electrons. The van der Waals surface area contributed by atoms with E-state index in [1.165, 1.54) is 5.56 Å². The second-order valence-corrected chi connectivity index (χ2v) is 4.58. The van der Waals surface area contributed by atoms with E-state index in [4.69, 9.17) is 4.74 Å². The van der Waals surface area contributed by atoms with Crippen molar-refractivity contribution in [2.45, 2.75) is 52.6 Å². The Morgan fingerprint density at radius 3 is 2.53 bits per heavy atom. The molecule has 0 heterocycles. The first-order valence-electron chi connectivity index (χ1n) is 6.66. The predicted octanol–water partition coefficient (Wildman–Crippen LogP) is 3.92. The maximum absolute atomic E-state index is 5.78. The van der Waals surface area contributed by atoms with Crippen LogP contribution in [0, 0.1) is 0 Å². The maximum Gasteiger partial charge on any atom is 0.124 e. The van der Waals surface area contributed by atoms with E-state index < -0.39 is 0 Å². The summed E-state index contributed by atoms with van der Waals surface area (Å²) in [6.07, 6.45) is 2.18. The number of hydrogen-bond acceptors (Lipinski definition) is 2. The monoisotopic (exact) mass is 235 g/mol. The number of para-hydroxylation sites is 1. The van der Waals surface area contributed by atoms with Gasteiger partial charge in [0, 0.05) is 17.6 Å². The van der Waals surface area contributed by atoms with Crippen LogP contribution < -0.4 is 10.1 Å². The average molecular weight is 235 g/mol. The van der Waals surface area contributed by atoms with Crippen LogP contribution in [0.25, 0.3) is 0 Å². The van der Waals surface area contributed by atoms with Gasteiger partial charge < -0.3 is 10.1 Å². The second-order valence-electron chi connectivity index (χ2n) is 4.58. The highest BCUT2D eigenvalue weighted by molar-refractivity contribution is 5.35. The van der Waals surface area contributed by atoms with E-state index >= 15 is 0 Å². The van der Waals surface area contributed by atoms with Crippen LogP contribution in [-0.4, -0.2) is 12.6 Å². The van der Waals surface area contributed by atoms with Crippen LogP contribution in [0.3, 0.4) is 0 Å². The third-order valence-electron chi connectivity index (χ3n) is 2.99. The van der Waals surface area contributed by atoms with Gasteiger partial charge in [-0.05, 0) is 32.8 Å². The third-order valence-corrected chi connectivity index (χ3v) is 2.99. The molecule has 0 bridgehead atoms. The lowest BCUT2D eigenvalue weighted by Crippen LogP contribution is -2.28. The first-order valence-corrected chi connectivity index (χ1v) is 6.66. The molecular weight excluding hydrogens is 210 g/mol. The van der Waals surface area contributed by atoms with Gasteiger partial charge in [0.05, 0.1) is 6.61 Å². The Bertz CT molecular complexity index is 324. The summed E-state index contributed by atoms with van der Waals surface area (Å²) in [6, 6.07) is 9.17. The minimum Gasteiger partial charge on any atom is -0.493 e. The molecule has 0 aliphatic heterocycles. The Hall–Kier alpha value is -1.02. The van der Waals surface area contributed by atoms with E-state index in [0.29, 0.717) is 12.1 Å². The molecular formula is C15H25NO. The molecule has 0 amide bonds. The first-order chi connectivity index (χ1) is 8.19. The van der Waals surface area contributed by atoms with Crippen LogP contribution in [0.1, 0.15) is 52.1 Å². The molecule has 1 aromatic carbocycles. The van der Waals surface area contributed by atoms with Crippen molar-refractivity contribution in [1.29, 1.82) is 0 Å². The summed E-state index contributed by atoms with van der Waals surface area (Å²) in [4.78, 5) is 0. The van der Waals surface area contributed by atoms with Gasteiger partial charge in [0.1, 0.15) is 5.75 Å². The molecule has 2 atom stereocenters. The van der Waals surface area contributed by atoms with Crippen molar-refractivity contribution in [3.63, 3.8) is 0 Å². The first kappa shape index (κ1) is 14.0. The van der Waals surface area contributed by atoms with Crippen molar-refractivity contribution in [2.75, 3.05) is 6.61 Å². The molecule has 96 valence electrons. The standard InChI is InChI=1S/C15H25NO/c1-5-11-17-15-10-8-7-9-14(15)13(4)16-12(3)6-2/h7-10,12-13,16H,5-6,11H2,1-4H3/t12-,13-/m1/s1. The lowest BCUT2D eigenvalue weighted by molar-refractivity contribution is 0.309. The molecule has 0 aliphatic carbocycles. The van der Waals surface area contributed by atoms with Gasteiger partial charge in [-0.3, -0.25) is 0 Å². The summed E-state index contributed by atoms with van der Waals surface area (Å²) in [7, 11) is 0. The number of rotatable bonds is 7. The SMILES string of the molecule is CCCOc1ccccc1[C@@H](C)N[C@H](C)CC. The normalized spacial score (nSPS) is 14.4. The summed E-state index contributed by atoms with van der Waals surface area (Å²) >= 11 is 0. The van der Waals surface area contributed by atoms with Gasteiger partial charge in [-0.1, -0.05) is 32.0 Å². The second kappa shape index (κ2) is 7.33. The molecule has 2 nitrogen and oxygen atoms in total. The smallest absolute Gasteiger partial charge is 0.124 e. The maximum atomic E-state index is 5.78. The molecule has 0 saturated carbocycles. The highest BCUT2D eigenvalue weighted by Gasteiger charge is 2.12. The Labute approximate surface area is 105 Å². The fourth-order valence-corrected chi connectivity index (χ4v) is 1.82.